The van der Waals surface area contributed by atoms with E-state index in [1.165, 1.54) is 19.3 Å². The molecule has 1 saturated heterocycles. The number of carbonyl (C=O) groups is 1. The van der Waals surface area contributed by atoms with Gasteiger partial charge in [0.15, 0.2) is 0 Å². The third kappa shape index (κ3) is 7.21. The van der Waals surface area contributed by atoms with Gasteiger partial charge in [-0.2, -0.15) is 0 Å². The average Bonchev–Trinajstić information content (AvgIpc) is 2.98. The molecule has 0 unspecified atom stereocenters. The number of aromatic nitrogens is 1. The molecule has 216 valence electrons. The largest absolute Gasteiger partial charge is 0.336 e. The van der Waals surface area contributed by atoms with Gasteiger partial charge < -0.3 is 4.90 Å². The molecular formula is C32H39N5O3S. The average molecular weight is 574 g/mol. The fourth-order valence-electron chi connectivity index (χ4n) is 5.63. The van der Waals surface area contributed by atoms with Crippen molar-refractivity contribution in [2.75, 3.05) is 30.9 Å². The number of rotatable bonds is 8. The van der Waals surface area contributed by atoms with Gasteiger partial charge in [-0.05, 0) is 79.6 Å². The highest BCUT2D eigenvalue weighted by atomic mass is 32.2. The topological polar surface area (TPSA) is 95.0 Å². The lowest BCUT2D eigenvalue weighted by molar-refractivity contribution is 0.0628. The summed E-state index contributed by atoms with van der Waals surface area (Å²) in [6, 6.07) is 14.4. The van der Waals surface area contributed by atoms with Gasteiger partial charge >= 0.3 is 0 Å². The first-order valence-electron chi connectivity index (χ1n) is 14.5. The molecule has 0 spiro atoms. The second kappa shape index (κ2) is 13.0. The van der Waals surface area contributed by atoms with Crippen molar-refractivity contribution >= 4 is 33.5 Å². The molecular weight excluding hydrogens is 534 g/mol. The number of nitrogens with one attached hydrogen (secondary N) is 1. The van der Waals surface area contributed by atoms with E-state index in [-0.39, 0.29) is 10.8 Å². The summed E-state index contributed by atoms with van der Waals surface area (Å²) in [6.07, 6.45) is 11.4. The first kappa shape index (κ1) is 29.0. The summed E-state index contributed by atoms with van der Waals surface area (Å²) in [5.74, 6) is 0.352. The number of piperazine rings is 1. The second-order valence-electron chi connectivity index (χ2n) is 11.2. The lowest BCUT2D eigenvalue weighted by Crippen LogP contribution is -2.48. The molecule has 2 heterocycles. The minimum absolute atomic E-state index is 0.0402. The van der Waals surface area contributed by atoms with Crippen LogP contribution in [0.5, 0.6) is 0 Å². The highest BCUT2D eigenvalue weighted by Gasteiger charge is 2.24. The monoisotopic (exact) mass is 573 g/mol. The van der Waals surface area contributed by atoms with E-state index in [0.717, 1.165) is 43.6 Å². The first-order chi connectivity index (χ1) is 19.8. The minimum atomic E-state index is -3.90. The van der Waals surface area contributed by atoms with E-state index in [1.807, 2.05) is 43.3 Å². The Balaban J connectivity index is 1.25. The Morgan fingerprint density at radius 2 is 1.78 bits per heavy atom. The van der Waals surface area contributed by atoms with Gasteiger partial charge in [0.2, 0.25) is 0 Å². The predicted octanol–water partition coefficient (Wildman–Crippen LogP) is 5.74. The van der Waals surface area contributed by atoms with Gasteiger partial charge in [-0.25, -0.2) is 8.42 Å². The maximum absolute atomic E-state index is 13.5. The molecule has 0 bridgehead atoms. The van der Waals surface area contributed by atoms with Crippen molar-refractivity contribution in [1.82, 2.24) is 14.8 Å². The summed E-state index contributed by atoms with van der Waals surface area (Å²) in [6.45, 7) is 7.39. The smallest absolute Gasteiger partial charge is 0.264 e. The Hall–Kier alpha value is -3.56. The molecule has 1 aliphatic heterocycles. The first-order valence-corrected chi connectivity index (χ1v) is 16.0. The maximum atomic E-state index is 13.5. The number of hydrogen-bond acceptors (Lipinski definition) is 6. The second-order valence-corrected chi connectivity index (χ2v) is 12.8. The van der Waals surface area contributed by atoms with Crippen molar-refractivity contribution < 1.29 is 13.2 Å². The van der Waals surface area contributed by atoms with Crippen LogP contribution in [0.1, 0.15) is 59.2 Å². The third-order valence-electron chi connectivity index (χ3n) is 8.06. The zero-order chi connectivity index (χ0) is 28.8. The van der Waals surface area contributed by atoms with E-state index < -0.39 is 10.0 Å². The zero-order valence-corrected chi connectivity index (χ0v) is 24.7. The molecule has 8 nitrogen and oxygen atoms in total. The quantitative estimate of drug-likeness (QED) is 0.347. The normalized spacial score (nSPS) is 17.2. The molecule has 1 saturated carbocycles. The maximum Gasteiger partial charge on any atom is 0.264 e. The molecule has 9 heteroatoms. The third-order valence-corrected chi connectivity index (χ3v) is 9.46. The molecule has 0 radical (unpaired) electrons. The zero-order valence-electron chi connectivity index (χ0n) is 23.9. The number of aryl methyl sites for hydroxylation is 2. The van der Waals surface area contributed by atoms with Crippen LogP contribution >= 0.6 is 0 Å². The highest BCUT2D eigenvalue weighted by molar-refractivity contribution is 7.92. The van der Waals surface area contributed by atoms with Crippen LogP contribution < -0.4 is 4.72 Å². The van der Waals surface area contributed by atoms with Crippen LogP contribution in [0.2, 0.25) is 0 Å². The molecule has 2 aliphatic rings. The van der Waals surface area contributed by atoms with E-state index in [4.69, 9.17) is 0 Å². The number of nitrogens with zero attached hydrogens (tertiary/aromatic N) is 4. The molecule has 1 N–H and O–H groups in total. The number of pyridine rings is 1. The van der Waals surface area contributed by atoms with Crippen LogP contribution in [0.3, 0.4) is 0 Å². The van der Waals surface area contributed by atoms with E-state index in [1.54, 1.807) is 36.5 Å². The highest BCUT2D eigenvalue weighted by Crippen LogP contribution is 2.32. The molecule has 1 aliphatic carbocycles. The molecule has 1 aromatic heterocycles. The van der Waals surface area contributed by atoms with Crippen LogP contribution in [0.4, 0.5) is 11.4 Å². The Bertz CT molecular complexity index is 1490. The Labute approximate surface area is 243 Å². The van der Waals surface area contributed by atoms with Crippen LogP contribution in [-0.4, -0.2) is 61.5 Å². The number of sulfonamides is 1. The lowest BCUT2D eigenvalue weighted by Gasteiger charge is -2.34. The van der Waals surface area contributed by atoms with Crippen molar-refractivity contribution in [2.24, 2.45) is 10.9 Å². The lowest BCUT2D eigenvalue weighted by atomic mass is 9.90. The summed E-state index contributed by atoms with van der Waals surface area (Å²) < 4.78 is 29.8. The number of aliphatic imine (C=N–C) groups is 1. The summed E-state index contributed by atoms with van der Waals surface area (Å²) in [7, 11) is -3.90. The molecule has 0 atom stereocenters. The van der Waals surface area contributed by atoms with Gasteiger partial charge in [0.25, 0.3) is 15.9 Å². The van der Waals surface area contributed by atoms with Gasteiger partial charge in [-0.15, -0.1) is 0 Å². The van der Waals surface area contributed by atoms with Gasteiger partial charge in [-0.3, -0.25) is 24.4 Å². The SMILES string of the molecule is Cc1cc(C(=O)N2CCN(Cc3cccnc3)CC2)ccc1NS(=O)(=O)c1cccc(C)c1/N=C\C1CCCCC1. The number of anilines is 1. The van der Waals surface area contributed by atoms with Gasteiger partial charge in [0.1, 0.15) is 4.90 Å². The standard InChI is InChI=1S/C32H39N5O3S/c1-24-8-6-12-30(31(24)34-22-26-9-4-3-5-10-26)41(39,40)35-29-14-13-28(20-25(29)2)32(38)37-18-16-36(17-19-37)23-27-11-7-15-33-21-27/h6-8,11-15,20-22,26,35H,3-5,9-10,16-19,23H2,1-2H3/b34-22-. The van der Waals surface area contributed by atoms with Crippen molar-refractivity contribution in [2.45, 2.75) is 57.4 Å². The van der Waals surface area contributed by atoms with Crippen LogP contribution in [0, 0.1) is 19.8 Å². The minimum Gasteiger partial charge on any atom is -0.336 e. The van der Waals surface area contributed by atoms with E-state index in [2.05, 4.69) is 25.7 Å². The molecule has 5 rings (SSSR count). The number of benzene rings is 2. The van der Waals surface area contributed by atoms with Crippen molar-refractivity contribution in [1.29, 1.82) is 0 Å². The Morgan fingerprint density at radius 1 is 1.00 bits per heavy atom. The predicted molar refractivity (Wildman–Crippen MR) is 163 cm³/mol. The molecule has 1 amide bonds. The Kier molecular flexibility index (Phi) is 9.15. The fraction of sp³-hybridized carbons (Fsp3) is 0.406. The van der Waals surface area contributed by atoms with E-state index >= 15 is 0 Å². The molecule has 2 fully saturated rings. The molecule has 3 aromatic rings. The summed E-state index contributed by atoms with van der Waals surface area (Å²) >= 11 is 0. The number of amides is 1. The van der Waals surface area contributed by atoms with Gasteiger partial charge in [-0.1, -0.05) is 37.5 Å². The van der Waals surface area contributed by atoms with Crippen molar-refractivity contribution in [3.63, 3.8) is 0 Å². The fourth-order valence-corrected chi connectivity index (χ4v) is 6.98. The van der Waals surface area contributed by atoms with Crippen LogP contribution in [0.25, 0.3) is 0 Å². The summed E-state index contributed by atoms with van der Waals surface area (Å²) in [4.78, 5) is 26.5. The number of hydrogen-bond donors (Lipinski definition) is 1. The summed E-state index contributed by atoms with van der Waals surface area (Å²) in [5.41, 5.74) is 4.16. The number of carbonyl (C=O) groups excluding carboxylic acids is 1. The van der Waals surface area contributed by atoms with Crippen LogP contribution in [-0.2, 0) is 16.6 Å². The van der Waals surface area contributed by atoms with E-state index in [0.29, 0.717) is 41.5 Å². The number of para-hydroxylation sites is 1. The van der Waals surface area contributed by atoms with Gasteiger partial charge in [0, 0.05) is 56.9 Å². The van der Waals surface area contributed by atoms with Gasteiger partial charge in [0.05, 0.1) is 11.4 Å². The molecule has 2 aromatic carbocycles. The van der Waals surface area contributed by atoms with E-state index in [9.17, 15) is 13.2 Å². The summed E-state index contributed by atoms with van der Waals surface area (Å²) in [5, 5.41) is 0. The Morgan fingerprint density at radius 3 is 2.49 bits per heavy atom. The van der Waals surface area contributed by atoms with Crippen molar-refractivity contribution in [3.05, 3.63) is 83.2 Å². The molecule has 41 heavy (non-hydrogen) atoms. The van der Waals surface area contributed by atoms with Crippen LogP contribution in [0.15, 0.2) is 70.8 Å². The van der Waals surface area contributed by atoms with Crippen molar-refractivity contribution in [3.8, 4) is 0 Å².